The number of hydrogen-bond donors (Lipinski definition) is 1. The van der Waals surface area contributed by atoms with Crippen LogP contribution in [0.25, 0.3) is 0 Å². The minimum Gasteiger partial charge on any atom is -0.384 e. The summed E-state index contributed by atoms with van der Waals surface area (Å²) < 4.78 is 2.18. The molecule has 14 heavy (non-hydrogen) atoms. The fourth-order valence-electron chi connectivity index (χ4n) is 2.93. The molecule has 1 heterocycles. The van der Waals surface area contributed by atoms with Gasteiger partial charge in [0.05, 0.1) is 13.2 Å². The summed E-state index contributed by atoms with van der Waals surface area (Å²) in [5.74, 6) is 1.06. The highest BCUT2D eigenvalue weighted by Gasteiger charge is 2.67. The second-order valence-corrected chi connectivity index (χ2v) is 7.96. The van der Waals surface area contributed by atoms with Gasteiger partial charge in [0.15, 0.2) is 0 Å². The summed E-state index contributed by atoms with van der Waals surface area (Å²) in [6.45, 7) is 0. The number of halogens is 2. The lowest BCUT2D eigenvalue weighted by Crippen LogP contribution is -2.12. The molecule has 0 spiro atoms. The van der Waals surface area contributed by atoms with E-state index in [2.05, 4.69) is 37.9 Å². The Labute approximate surface area is 104 Å². The van der Waals surface area contributed by atoms with Gasteiger partial charge in [-0.15, -0.1) is 11.3 Å². The molecule has 3 rings (SSSR count). The Bertz CT molecular complexity index is 377. The summed E-state index contributed by atoms with van der Waals surface area (Å²) in [6, 6.07) is 2.06. The molecule has 2 atom stereocenters. The van der Waals surface area contributed by atoms with Crippen LogP contribution in [0.15, 0.2) is 13.6 Å². The molecule has 1 aromatic heterocycles. The van der Waals surface area contributed by atoms with Crippen LogP contribution in [0.4, 0.5) is 0 Å². The molecule has 0 radical (unpaired) electrons. The SMILES string of the molecule is OC1(c2cc(Br)sc2Br)C2CCCC21. The van der Waals surface area contributed by atoms with E-state index in [0.717, 1.165) is 13.1 Å². The van der Waals surface area contributed by atoms with E-state index < -0.39 is 5.60 Å². The van der Waals surface area contributed by atoms with Crippen LogP contribution in [0, 0.1) is 11.8 Å². The Hall–Kier alpha value is 0.620. The number of aliphatic hydroxyl groups is 1. The van der Waals surface area contributed by atoms with E-state index in [1.54, 1.807) is 11.3 Å². The summed E-state index contributed by atoms with van der Waals surface area (Å²) in [5, 5.41) is 10.5. The number of thiophene rings is 1. The van der Waals surface area contributed by atoms with Gasteiger partial charge in [-0.3, -0.25) is 0 Å². The van der Waals surface area contributed by atoms with Gasteiger partial charge in [0.1, 0.15) is 0 Å². The maximum Gasteiger partial charge on any atom is 0.0979 e. The first kappa shape index (κ1) is 9.82. The van der Waals surface area contributed by atoms with Crippen LogP contribution in [0.1, 0.15) is 24.8 Å². The first-order chi connectivity index (χ1) is 6.64. The minimum absolute atomic E-state index is 0.500. The van der Waals surface area contributed by atoms with E-state index >= 15 is 0 Å². The maximum absolute atomic E-state index is 10.5. The minimum atomic E-state index is -0.500. The van der Waals surface area contributed by atoms with E-state index in [1.165, 1.54) is 19.3 Å². The monoisotopic (exact) mass is 336 g/mol. The van der Waals surface area contributed by atoms with Crippen LogP contribution in [0.3, 0.4) is 0 Å². The van der Waals surface area contributed by atoms with Gasteiger partial charge in [-0.1, -0.05) is 6.42 Å². The van der Waals surface area contributed by atoms with Crippen molar-refractivity contribution >= 4 is 43.2 Å². The molecule has 2 aliphatic carbocycles. The molecule has 2 saturated carbocycles. The van der Waals surface area contributed by atoms with Crippen LogP contribution < -0.4 is 0 Å². The molecule has 0 aromatic carbocycles. The molecule has 76 valence electrons. The normalized spacial score (nSPS) is 39.9. The quantitative estimate of drug-likeness (QED) is 0.824. The van der Waals surface area contributed by atoms with E-state index in [1.807, 2.05) is 0 Å². The lowest BCUT2D eigenvalue weighted by atomic mass is 10.0. The van der Waals surface area contributed by atoms with Gasteiger partial charge in [0.2, 0.25) is 0 Å². The van der Waals surface area contributed by atoms with Crippen molar-refractivity contribution in [3.63, 3.8) is 0 Å². The number of hydrogen-bond acceptors (Lipinski definition) is 2. The van der Waals surface area contributed by atoms with Crippen molar-refractivity contribution in [1.82, 2.24) is 0 Å². The van der Waals surface area contributed by atoms with Crippen LogP contribution in [-0.4, -0.2) is 5.11 Å². The molecular formula is C10H10Br2OS. The third-order valence-corrected chi connectivity index (χ3v) is 5.96. The predicted octanol–water partition coefficient (Wildman–Crippen LogP) is 3.89. The van der Waals surface area contributed by atoms with Crippen molar-refractivity contribution in [1.29, 1.82) is 0 Å². The fourth-order valence-corrected chi connectivity index (χ4v) is 5.94. The van der Waals surface area contributed by atoms with Gasteiger partial charge in [0, 0.05) is 5.56 Å². The van der Waals surface area contributed by atoms with Crippen LogP contribution in [-0.2, 0) is 5.60 Å². The Balaban J connectivity index is 2.00. The van der Waals surface area contributed by atoms with Crippen molar-refractivity contribution in [2.24, 2.45) is 11.8 Å². The summed E-state index contributed by atoms with van der Waals surface area (Å²) >= 11 is 8.64. The van der Waals surface area contributed by atoms with Crippen LogP contribution >= 0.6 is 43.2 Å². The molecule has 4 heteroatoms. The third kappa shape index (κ3) is 1.14. The molecule has 2 unspecified atom stereocenters. The van der Waals surface area contributed by atoms with Gasteiger partial charge >= 0.3 is 0 Å². The summed E-state index contributed by atoms with van der Waals surface area (Å²) in [5.41, 5.74) is 0.601. The van der Waals surface area contributed by atoms with Crippen molar-refractivity contribution in [2.75, 3.05) is 0 Å². The van der Waals surface area contributed by atoms with E-state index in [-0.39, 0.29) is 0 Å². The molecule has 0 bridgehead atoms. The largest absolute Gasteiger partial charge is 0.384 e. The predicted molar refractivity (Wildman–Crippen MR) is 64.4 cm³/mol. The lowest BCUT2D eigenvalue weighted by molar-refractivity contribution is 0.105. The van der Waals surface area contributed by atoms with Gasteiger partial charge < -0.3 is 5.11 Å². The van der Waals surface area contributed by atoms with Crippen molar-refractivity contribution in [3.05, 3.63) is 19.2 Å². The van der Waals surface area contributed by atoms with Gasteiger partial charge in [-0.2, -0.15) is 0 Å². The average Bonchev–Trinajstić information content (AvgIpc) is 2.60. The summed E-state index contributed by atoms with van der Waals surface area (Å²) in [4.78, 5) is 0. The standard InChI is InChI=1S/C10H10Br2OS/c11-8-4-7(9(12)14-8)10(13)5-2-1-3-6(5)10/h4-6,13H,1-3H2. The zero-order chi connectivity index (χ0) is 9.92. The Morgan fingerprint density at radius 1 is 1.36 bits per heavy atom. The Morgan fingerprint density at radius 3 is 2.50 bits per heavy atom. The maximum atomic E-state index is 10.5. The third-order valence-electron chi connectivity index (χ3n) is 3.63. The Kier molecular flexibility index (Phi) is 2.15. The first-order valence-electron chi connectivity index (χ1n) is 4.81. The number of fused-ring (bicyclic) bond motifs is 1. The Morgan fingerprint density at radius 2 is 2.00 bits per heavy atom. The highest BCUT2D eigenvalue weighted by atomic mass is 79.9. The topological polar surface area (TPSA) is 20.2 Å². The van der Waals surface area contributed by atoms with Crippen LogP contribution in [0.2, 0.25) is 0 Å². The molecule has 0 amide bonds. The fraction of sp³-hybridized carbons (Fsp3) is 0.600. The van der Waals surface area contributed by atoms with Crippen LogP contribution in [0.5, 0.6) is 0 Å². The molecule has 1 nitrogen and oxygen atoms in total. The molecular weight excluding hydrogens is 328 g/mol. The van der Waals surface area contributed by atoms with E-state index in [0.29, 0.717) is 11.8 Å². The molecule has 0 saturated heterocycles. The van der Waals surface area contributed by atoms with E-state index in [9.17, 15) is 5.11 Å². The highest BCUT2D eigenvalue weighted by Crippen LogP contribution is 2.67. The first-order valence-corrected chi connectivity index (χ1v) is 7.22. The number of rotatable bonds is 1. The summed E-state index contributed by atoms with van der Waals surface area (Å²) in [6.07, 6.45) is 3.68. The summed E-state index contributed by atoms with van der Waals surface area (Å²) in [7, 11) is 0. The zero-order valence-corrected chi connectivity index (χ0v) is 11.5. The second kappa shape index (κ2) is 3.06. The van der Waals surface area contributed by atoms with Crippen molar-refractivity contribution < 1.29 is 5.11 Å². The lowest BCUT2D eigenvalue weighted by Gasteiger charge is -2.13. The highest BCUT2D eigenvalue weighted by molar-refractivity contribution is 9.12. The second-order valence-electron chi connectivity index (χ2n) is 4.21. The molecule has 1 aromatic rings. The van der Waals surface area contributed by atoms with Gasteiger partial charge in [-0.05, 0) is 62.6 Å². The molecule has 2 aliphatic rings. The average molecular weight is 338 g/mol. The molecule has 1 N–H and O–H groups in total. The van der Waals surface area contributed by atoms with Gasteiger partial charge in [0.25, 0.3) is 0 Å². The van der Waals surface area contributed by atoms with Crippen molar-refractivity contribution in [3.8, 4) is 0 Å². The van der Waals surface area contributed by atoms with Gasteiger partial charge in [-0.25, -0.2) is 0 Å². The molecule has 0 aliphatic heterocycles. The van der Waals surface area contributed by atoms with E-state index in [4.69, 9.17) is 0 Å². The zero-order valence-electron chi connectivity index (χ0n) is 7.46. The molecule has 2 fully saturated rings. The van der Waals surface area contributed by atoms with Crippen molar-refractivity contribution in [2.45, 2.75) is 24.9 Å². The smallest absolute Gasteiger partial charge is 0.0979 e.